The molecule has 1 N–H and O–H groups in total. The molecule has 3 aromatic heterocycles. The van der Waals surface area contributed by atoms with E-state index in [9.17, 15) is 9.59 Å². The standard InChI is InChI=1S/C11H9N3O2S2/c1-6-12-7(5-18-6)4-14-8-2-3-17-9(8)10(15)13-11(14)16/h2-3,5H,4H2,1H3,(H,13,15,16). The molecule has 3 rings (SSSR count). The van der Waals surface area contributed by atoms with Crippen LogP contribution < -0.4 is 11.2 Å². The molecular formula is C11H9N3O2S2. The molecule has 0 aliphatic rings. The van der Waals surface area contributed by atoms with Crippen molar-refractivity contribution in [3.05, 3.63) is 48.4 Å². The SMILES string of the molecule is Cc1nc(Cn2c(=O)[nH]c(=O)c3sccc32)cs1. The van der Waals surface area contributed by atoms with Crippen LogP contribution in [0.25, 0.3) is 10.2 Å². The maximum atomic E-state index is 11.9. The third-order valence-electron chi connectivity index (χ3n) is 2.59. The van der Waals surface area contributed by atoms with Crippen molar-refractivity contribution in [3.63, 3.8) is 0 Å². The van der Waals surface area contributed by atoms with Gasteiger partial charge in [0.1, 0.15) is 4.70 Å². The van der Waals surface area contributed by atoms with Crippen LogP contribution in [0.15, 0.2) is 26.4 Å². The van der Waals surface area contributed by atoms with E-state index in [1.165, 1.54) is 11.3 Å². The van der Waals surface area contributed by atoms with Gasteiger partial charge in [-0.3, -0.25) is 14.3 Å². The first-order valence-electron chi connectivity index (χ1n) is 5.26. The van der Waals surface area contributed by atoms with E-state index >= 15 is 0 Å². The van der Waals surface area contributed by atoms with E-state index in [2.05, 4.69) is 9.97 Å². The van der Waals surface area contributed by atoms with Gasteiger partial charge in [-0.25, -0.2) is 9.78 Å². The second-order valence-corrected chi connectivity index (χ2v) is 5.82. The number of nitrogens with one attached hydrogen (secondary N) is 1. The molecule has 3 heterocycles. The Hall–Kier alpha value is -1.73. The molecule has 0 atom stereocenters. The molecule has 0 spiro atoms. The molecule has 0 unspecified atom stereocenters. The van der Waals surface area contributed by atoms with Crippen LogP contribution in [-0.4, -0.2) is 14.5 Å². The smallest absolute Gasteiger partial charge is 0.286 e. The minimum absolute atomic E-state index is 0.323. The van der Waals surface area contributed by atoms with E-state index in [-0.39, 0.29) is 5.56 Å². The van der Waals surface area contributed by atoms with E-state index in [0.717, 1.165) is 10.7 Å². The minimum atomic E-state index is -0.392. The van der Waals surface area contributed by atoms with Crippen molar-refractivity contribution in [1.82, 2.24) is 14.5 Å². The lowest BCUT2D eigenvalue weighted by Gasteiger charge is -2.04. The molecule has 92 valence electrons. The molecule has 0 saturated carbocycles. The summed E-state index contributed by atoms with van der Waals surface area (Å²) in [7, 11) is 0. The highest BCUT2D eigenvalue weighted by atomic mass is 32.1. The van der Waals surface area contributed by atoms with Crippen molar-refractivity contribution in [3.8, 4) is 0 Å². The third-order valence-corrected chi connectivity index (χ3v) is 4.32. The van der Waals surface area contributed by atoms with Crippen LogP contribution in [0, 0.1) is 6.92 Å². The third kappa shape index (κ3) is 1.81. The number of hydrogen-bond donors (Lipinski definition) is 1. The van der Waals surface area contributed by atoms with Crippen molar-refractivity contribution in [2.45, 2.75) is 13.5 Å². The zero-order chi connectivity index (χ0) is 12.7. The predicted octanol–water partition coefficient (Wildman–Crippen LogP) is 1.56. The number of fused-ring (bicyclic) bond motifs is 1. The van der Waals surface area contributed by atoms with Gasteiger partial charge >= 0.3 is 5.69 Å². The van der Waals surface area contributed by atoms with Crippen LogP contribution in [-0.2, 0) is 6.54 Å². The van der Waals surface area contributed by atoms with Gasteiger partial charge in [0, 0.05) is 5.38 Å². The molecule has 0 aliphatic carbocycles. The Kier molecular flexibility index (Phi) is 2.64. The van der Waals surface area contributed by atoms with Gasteiger partial charge in [0.05, 0.1) is 22.8 Å². The molecule has 0 aliphatic heterocycles. The second-order valence-electron chi connectivity index (χ2n) is 3.84. The number of aromatic nitrogens is 3. The van der Waals surface area contributed by atoms with E-state index < -0.39 is 5.69 Å². The topological polar surface area (TPSA) is 67.8 Å². The van der Waals surface area contributed by atoms with Crippen LogP contribution in [0.5, 0.6) is 0 Å². The van der Waals surface area contributed by atoms with Gasteiger partial charge in [-0.05, 0) is 18.4 Å². The van der Waals surface area contributed by atoms with Gasteiger partial charge in [0.25, 0.3) is 5.56 Å². The summed E-state index contributed by atoms with van der Waals surface area (Å²) in [5, 5.41) is 4.69. The maximum absolute atomic E-state index is 11.9. The van der Waals surface area contributed by atoms with Crippen LogP contribution in [0.2, 0.25) is 0 Å². The summed E-state index contributed by atoms with van der Waals surface area (Å²) in [4.78, 5) is 30.1. The Bertz CT molecular complexity index is 825. The Labute approximate surface area is 109 Å². The van der Waals surface area contributed by atoms with Crippen molar-refractivity contribution in [2.24, 2.45) is 0 Å². The fourth-order valence-electron chi connectivity index (χ4n) is 1.82. The van der Waals surface area contributed by atoms with Gasteiger partial charge in [-0.2, -0.15) is 0 Å². The summed E-state index contributed by atoms with van der Waals surface area (Å²) in [5.41, 5.74) is 0.783. The number of rotatable bonds is 2. The highest BCUT2D eigenvalue weighted by Gasteiger charge is 2.10. The predicted molar refractivity (Wildman–Crippen MR) is 72.7 cm³/mol. The number of thiophene rings is 1. The number of hydrogen-bond acceptors (Lipinski definition) is 5. The van der Waals surface area contributed by atoms with E-state index in [1.807, 2.05) is 17.7 Å². The average Bonchev–Trinajstić information content (AvgIpc) is 2.93. The molecule has 0 aromatic carbocycles. The molecule has 0 bridgehead atoms. The summed E-state index contributed by atoms with van der Waals surface area (Å²) < 4.78 is 2.11. The lowest BCUT2D eigenvalue weighted by atomic mass is 10.4. The Morgan fingerprint density at radius 2 is 2.22 bits per heavy atom. The maximum Gasteiger partial charge on any atom is 0.329 e. The fourth-order valence-corrected chi connectivity index (χ4v) is 3.21. The lowest BCUT2D eigenvalue weighted by Crippen LogP contribution is -2.29. The van der Waals surface area contributed by atoms with Crippen molar-refractivity contribution < 1.29 is 0 Å². The quantitative estimate of drug-likeness (QED) is 0.774. The first-order chi connectivity index (χ1) is 8.65. The molecule has 18 heavy (non-hydrogen) atoms. The van der Waals surface area contributed by atoms with Gasteiger partial charge in [-0.1, -0.05) is 0 Å². The van der Waals surface area contributed by atoms with E-state index in [1.54, 1.807) is 22.0 Å². The highest BCUT2D eigenvalue weighted by Crippen LogP contribution is 2.16. The van der Waals surface area contributed by atoms with E-state index in [4.69, 9.17) is 0 Å². The largest absolute Gasteiger partial charge is 0.329 e. The highest BCUT2D eigenvalue weighted by molar-refractivity contribution is 7.17. The van der Waals surface area contributed by atoms with Crippen LogP contribution in [0.4, 0.5) is 0 Å². The monoisotopic (exact) mass is 279 g/mol. The summed E-state index contributed by atoms with van der Waals surface area (Å²) in [6.45, 7) is 2.30. The van der Waals surface area contributed by atoms with Crippen molar-refractivity contribution >= 4 is 32.9 Å². The normalized spacial score (nSPS) is 11.2. The molecule has 0 saturated heterocycles. The average molecular weight is 279 g/mol. The summed E-state index contributed by atoms with van der Waals surface area (Å²) in [6, 6.07) is 1.79. The minimum Gasteiger partial charge on any atom is -0.286 e. The Morgan fingerprint density at radius 1 is 1.39 bits per heavy atom. The van der Waals surface area contributed by atoms with Crippen LogP contribution in [0.1, 0.15) is 10.7 Å². The Balaban J connectivity index is 2.20. The van der Waals surface area contributed by atoms with Crippen molar-refractivity contribution in [1.29, 1.82) is 0 Å². The molecule has 0 fully saturated rings. The summed E-state index contributed by atoms with van der Waals surface area (Å²) in [6.07, 6.45) is 0. The van der Waals surface area contributed by atoms with Gasteiger partial charge in [0.15, 0.2) is 0 Å². The molecule has 7 heteroatoms. The number of nitrogens with zero attached hydrogens (tertiary/aromatic N) is 2. The Morgan fingerprint density at radius 3 is 2.94 bits per heavy atom. The molecular weight excluding hydrogens is 270 g/mol. The molecule has 0 radical (unpaired) electrons. The van der Waals surface area contributed by atoms with Gasteiger partial charge in [0.2, 0.25) is 0 Å². The van der Waals surface area contributed by atoms with E-state index in [0.29, 0.717) is 16.8 Å². The first-order valence-corrected chi connectivity index (χ1v) is 7.02. The fraction of sp³-hybridized carbons (Fsp3) is 0.182. The summed E-state index contributed by atoms with van der Waals surface area (Å²) in [5.74, 6) is 0. The zero-order valence-electron chi connectivity index (χ0n) is 9.47. The van der Waals surface area contributed by atoms with Crippen molar-refractivity contribution in [2.75, 3.05) is 0 Å². The van der Waals surface area contributed by atoms with Gasteiger partial charge in [-0.15, -0.1) is 22.7 Å². The first kappa shape index (κ1) is 11.4. The lowest BCUT2D eigenvalue weighted by molar-refractivity contribution is 0.742. The second kappa shape index (κ2) is 4.18. The van der Waals surface area contributed by atoms with Crippen LogP contribution in [0.3, 0.4) is 0 Å². The number of aromatic amines is 1. The summed E-state index contributed by atoms with van der Waals surface area (Å²) >= 11 is 2.88. The molecule has 5 nitrogen and oxygen atoms in total. The van der Waals surface area contributed by atoms with Crippen LogP contribution >= 0.6 is 22.7 Å². The molecule has 3 aromatic rings. The number of H-pyrrole nitrogens is 1. The number of thiazole rings is 1. The van der Waals surface area contributed by atoms with Gasteiger partial charge < -0.3 is 0 Å². The zero-order valence-corrected chi connectivity index (χ0v) is 11.1. The molecule has 0 amide bonds. The number of aryl methyl sites for hydroxylation is 1.